The number of nitriles is 1. The molecule has 1 atom stereocenters. The average molecular weight is 242 g/mol. The van der Waals surface area contributed by atoms with Gasteiger partial charge in [0.15, 0.2) is 0 Å². The van der Waals surface area contributed by atoms with Gasteiger partial charge < -0.3 is 5.32 Å². The predicted molar refractivity (Wildman–Crippen MR) is 71.9 cm³/mol. The minimum absolute atomic E-state index is 0.304. The molecular weight excluding hydrogens is 228 g/mol. The van der Waals surface area contributed by atoms with Gasteiger partial charge in [-0.1, -0.05) is 24.3 Å². The van der Waals surface area contributed by atoms with Crippen LogP contribution in [0.4, 0.5) is 0 Å². The van der Waals surface area contributed by atoms with E-state index < -0.39 is 0 Å². The zero-order chi connectivity index (χ0) is 12.3. The molecule has 0 saturated heterocycles. The van der Waals surface area contributed by atoms with Gasteiger partial charge in [0.25, 0.3) is 0 Å². The largest absolute Gasteiger partial charge is 0.313 e. The molecule has 0 aliphatic carbocycles. The zero-order valence-electron chi connectivity index (χ0n) is 9.90. The fourth-order valence-corrected chi connectivity index (χ4v) is 2.65. The summed E-state index contributed by atoms with van der Waals surface area (Å²) in [5.41, 5.74) is 2.47. The minimum Gasteiger partial charge on any atom is -0.313 e. The highest BCUT2D eigenvalue weighted by Gasteiger charge is 2.11. The highest BCUT2D eigenvalue weighted by molar-refractivity contribution is 7.16. The Labute approximate surface area is 106 Å². The van der Waals surface area contributed by atoms with Crippen LogP contribution < -0.4 is 5.32 Å². The molecule has 1 heterocycles. The smallest absolute Gasteiger partial charge is 0.110 e. The van der Waals surface area contributed by atoms with Crippen LogP contribution in [-0.4, -0.2) is 7.05 Å². The molecule has 2 aromatic rings. The fourth-order valence-electron chi connectivity index (χ4n) is 1.80. The van der Waals surface area contributed by atoms with Crippen molar-refractivity contribution < 1.29 is 0 Å². The van der Waals surface area contributed by atoms with Crippen LogP contribution in [0.3, 0.4) is 0 Å². The van der Waals surface area contributed by atoms with Crippen molar-refractivity contribution in [2.45, 2.75) is 13.0 Å². The summed E-state index contributed by atoms with van der Waals surface area (Å²) >= 11 is 1.54. The van der Waals surface area contributed by atoms with Crippen molar-refractivity contribution in [1.82, 2.24) is 5.32 Å². The Balaban J connectivity index is 2.48. The van der Waals surface area contributed by atoms with Crippen LogP contribution in [0.5, 0.6) is 0 Å². The van der Waals surface area contributed by atoms with Crippen molar-refractivity contribution in [2.75, 3.05) is 7.05 Å². The molecule has 0 amide bonds. The van der Waals surface area contributed by atoms with Crippen molar-refractivity contribution in [3.8, 4) is 16.5 Å². The predicted octanol–water partition coefficient (Wildman–Crippen LogP) is 3.57. The van der Waals surface area contributed by atoms with E-state index in [-0.39, 0.29) is 0 Å². The first-order valence-electron chi connectivity index (χ1n) is 5.52. The standard InChI is InChI=1S/C14H14N2S/c1-10(16-2)12-5-3-4-6-13(12)14-8-7-11(9-15)17-14/h3-8,10,16H,1-2H3. The second-order valence-electron chi connectivity index (χ2n) is 3.87. The lowest BCUT2D eigenvalue weighted by Crippen LogP contribution is -2.12. The quantitative estimate of drug-likeness (QED) is 0.893. The van der Waals surface area contributed by atoms with Gasteiger partial charge in [-0.3, -0.25) is 0 Å². The lowest BCUT2D eigenvalue weighted by molar-refractivity contribution is 0.654. The second kappa shape index (κ2) is 5.13. The first-order chi connectivity index (χ1) is 8.26. The molecular formula is C14H14N2S. The lowest BCUT2D eigenvalue weighted by atomic mass is 10.0. The number of nitrogens with one attached hydrogen (secondary N) is 1. The molecule has 0 bridgehead atoms. The minimum atomic E-state index is 0.304. The SMILES string of the molecule is CNC(C)c1ccccc1-c1ccc(C#N)s1. The van der Waals surface area contributed by atoms with Crippen LogP contribution >= 0.6 is 11.3 Å². The van der Waals surface area contributed by atoms with E-state index in [0.29, 0.717) is 6.04 Å². The zero-order valence-corrected chi connectivity index (χ0v) is 10.7. The normalized spacial score (nSPS) is 12.1. The summed E-state index contributed by atoms with van der Waals surface area (Å²) in [5.74, 6) is 0. The van der Waals surface area contributed by atoms with Crippen LogP contribution in [0.1, 0.15) is 23.4 Å². The highest BCUT2D eigenvalue weighted by Crippen LogP contribution is 2.32. The molecule has 0 aliphatic heterocycles. The monoisotopic (exact) mass is 242 g/mol. The van der Waals surface area contributed by atoms with Gasteiger partial charge in [-0.05, 0) is 37.2 Å². The number of thiophene rings is 1. The molecule has 0 radical (unpaired) electrons. The maximum absolute atomic E-state index is 8.87. The number of benzene rings is 1. The van der Waals surface area contributed by atoms with Gasteiger partial charge in [-0.2, -0.15) is 5.26 Å². The van der Waals surface area contributed by atoms with E-state index in [4.69, 9.17) is 5.26 Å². The summed E-state index contributed by atoms with van der Waals surface area (Å²) in [6, 6.07) is 14.7. The van der Waals surface area contributed by atoms with Crippen LogP contribution in [0, 0.1) is 11.3 Å². The summed E-state index contributed by atoms with van der Waals surface area (Å²) in [6.07, 6.45) is 0. The number of hydrogen-bond acceptors (Lipinski definition) is 3. The van der Waals surface area contributed by atoms with E-state index in [0.717, 1.165) is 9.75 Å². The molecule has 0 saturated carbocycles. The Morgan fingerprint density at radius 1 is 1.24 bits per heavy atom. The molecule has 17 heavy (non-hydrogen) atoms. The molecule has 1 aromatic carbocycles. The Morgan fingerprint density at radius 2 is 2.00 bits per heavy atom. The fraction of sp³-hybridized carbons (Fsp3) is 0.214. The molecule has 3 heteroatoms. The number of rotatable bonds is 3. The van der Waals surface area contributed by atoms with Gasteiger partial charge in [0.05, 0.1) is 0 Å². The van der Waals surface area contributed by atoms with Gasteiger partial charge >= 0.3 is 0 Å². The van der Waals surface area contributed by atoms with E-state index in [1.165, 1.54) is 22.5 Å². The van der Waals surface area contributed by atoms with E-state index in [1.54, 1.807) is 0 Å². The molecule has 1 aromatic heterocycles. The van der Waals surface area contributed by atoms with Gasteiger partial charge in [0.1, 0.15) is 10.9 Å². The Bertz CT molecular complexity index is 551. The summed E-state index contributed by atoms with van der Waals surface area (Å²) < 4.78 is 0. The topological polar surface area (TPSA) is 35.8 Å². The summed E-state index contributed by atoms with van der Waals surface area (Å²) in [6.45, 7) is 2.14. The van der Waals surface area contributed by atoms with E-state index in [1.807, 2.05) is 31.3 Å². The van der Waals surface area contributed by atoms with Gasteiger partial charge in [0.2, 0.25) is 0 Å². The molecule has 86 valence electrons. The molecule has 1 unspecified atom stereocenters. The van der Waals surface area contributed by atoms with Crippen LogP contribution in [0.2, 0.25) is 0 Å². The number of hydrogen-bond donors (Lipinski definition) is 1. The molecule has 0 aliphatic rings. The van der Waals surface area contributed by atoms with Crippen molar-refractivity contribution in [2.24, 2.45) is 0 Å². The molecule has 1 N–H and O–H groups in total. The van der Waals surface area contributed by atoms with Crippen LogP contribution in [0.15, 0.2) is 36.4 Å². The Morgan fingerprint density at radius 3 is 2.65 bits per heavy atom. The summed E-state index contributed by atoms with van der Waals surface area (Å²) in [5, 5.41) is 12.1. The third-order valence-corrected chi connectivity index (χ3v) is 3.87. The molecule has 2 rings (SSSR count). The van der Waals surface area contributed by atoms with E-state index >= 15 is 0 Å². The third-order valence-electron chi connectivity index (χ3n) is 2.84. The van der Waals surface area contributed by atoms with Crippen molar-refractivity contribution in [3.63, 3.8) is 0 Å². The maximum Gasteiger partial charge on any atom is 0.110 e. The van der Waals surface area contributed by atoms with Crippen LogP contribution in [-0.2, 0) is 0 Å². The lowest BCUT2D eigenvalue weighted by Gasteiger charge is -2.14. The van der Waals surface area contributed by atoms with Gasteiger partial charge in [-0.15, -0.1) is 11.3 Å². The summed E-state index contributed by atoms with van der Waals surface area (Å²) in [7, 11) is 1.95. The third kappa shape index (κ3) is 2.38. The molecule has 2 nitrogen and oxygen atoms in total. The summed E-state index contributed by atoms with van der Waals surface area (Å²) in [4.78, 5) is 1.91. The van der Waals surface area contributed by atoms with E-state index in [9.17, 15) is 0 Å². The average Bonchev–Trinajstić information content (AvgIpc) is 2.86. The van der Waals surface area contributed by atoms with Crippen molar-refractivity contribution >= 4 is 11.3 Å². The first-order valence-corrected chi connectivity index (χ1v) is 6.34. The van der Waals surface area contributed by atoms with Gasteiger partial charge in [0, 0.05) is 10.9 Å². The number of nitrogens with zero attached hydrogens (tertiary/aromatic N) is 1. The second-order valence-corrected chi connectivity index (χ2v) is 4.96. The van der Waals surface area contributed by atoms with E-state index in [2.05, 4.69) is 30.4 Å². The van der Waals surface area contributed by atoms with Crippen LogP contribution in [0.25, 0.3) is 10.4 Å². The molecule has 0 spiro atoms. The Hall–Kier alpha value is -1.63. The molecule has 0 fully saturated rings. The van der Waals surface area contributed by atoms with Crippen molar-refractivity contribution in [1.29, 1.82) is 5.26 Å². The first kappa shape index (κ1) is 11.8. The highest BCUT2D eigenvalue weighted by atomic mass is 32.1. The maximum atomic E-state index is 8.87. The Kier molecular flexibility index (Phi) is 3.58. The van der Waals surface area contributed by atoms with Gasteiger partial charge in [-0.25, -0.2) is 0 Å². The van der Waals surface area contributed by atoms with Crippen molar-refractivity contribution in [3.05, 3.63) is 46.8 Å².